The molecule has 0 saturated carbocycles. The number of likely N-dealkylation sites (N-methyl/N-ethyl adjacent to an activating group) is 1. The van der Waals surface area contributed by atoms with E-state index in [1.165, 1.54) is 24.3 Å². The highest BCUT2D eigenvalue weighted by molar-refractivity contribution is 7.11. The number of aromatic nitrogens is 1. The Balaban J connectivity index is 1.90. The summed E-state index contributed by atoms with van der Waals surface area (Å²) in [4.78, 5) is 7.19. The molecule has 0 spiro atoms. The third-order valence-corrected chi connectivity index (χ3v) is 3.98. The van der Waals surface area contributed by atoms with Gasteiger partial charge in [-0.1, -0.05) is 12.1 Å². The van der Waals surface area contributed by atoms with E-state index in [0.29, 0.717) is 18.7 Å². The summed E-state index contributed by atoms with van der Waals surface area (Å²) < 4.78 is 40.1. The molecule has 0 radical (unpaired) electrons. The molecule has 4 nitrogen and oxygen atoms in total. The molecule has 1 aromatic carbocycles. The lowest BCUT2D eigenvalue weighted by molar-refractivity contribution is -0.274. The molecule has 0 aliphatic carbocycles. The summed E-state index contributed by atoms with van der Waals surface area (Å²) in [6.45, 7) is 2.93. The molecule has 2 aromatic rings. The van der Waals surface area contributed by atoms with Gasteiger partial charge in [-0.3, -0.25) is 4.90 Å². The first-order chi connectivity index (χ1) is 10.7. The highest BCUT2D eigenvalue weighted by atomic mass is 32.1. The van der Waals surface area contributed by atoms with Crippen molar-refractivity contribution in [1.29, 1.82) is 0 Å². The second kappa shape index (κ2) is 7.29. The van der Waals surface area contributed by atoms with E-state index < -0.39 is 12.5 Å². The third kappa shape index (κ3) is 5.81. The van der Waals surface area contributed by atoms with Crippen molar-refractivity contribution in [2.75, 3.05) is 13.6 Å². The number of benzene rings is 1. The second-order valence-electron chi connectivity index (χ2n) is 5.17. The molecule has 0 bridgehead atoms. The van der Waals surface area contributed by atoms with Crippen LogP contribution in [0.1, 0.15) is 21.6 Å². The quantitative estimate of drug-likeness (QED) is 0.869. The third-order valence-electron chi connectivity index (χ3n) is 3.08. The van der Waals surface area contributed by atoms with Gasteiger partial charge in [0.05, 0.1) is 11.1 Å². The van der Waals surface area contributed by atoms with Crippen molar-refractivity contribution in [3.05, 3.63) is 45.9 Å². The SMILES string of the molecule is Cc1ncc(CN(C)C[C@@H](O)c2ccc(OC(F)(F)F)cc2)s1. The van der Waals surface area contributed by atoms with E-state index in [1.54, 1.807) is 17.5 Å². The van der Waals surface area contributed by atoms with Crippen LogP contribution in [0.4, 0.5) is 13.2 Å². The molecular formula is C15H17F3N2O2S. The number of aliphatic hydroxyl groups excluding tert-OH is 1. The first kappa shape index (κ1) is 17.7. The Morgan fingerprint density at radius 1 is 1.30 bits per heavy atom. The van der Waals surface area contributed by atoms with E-state index in [9.17, 15) is 18.3 Å². The molecule has 2 rings (SSSR count). The summed E-state index contributed by atoms with van der Waals surface area (Å²) in [5.41, 5.74) is 0.534. The predicted octanol–water partition coefficient (Wildman–Crippen LogP) is 3.52. The van der Waals surface area contributed by atoms with Crippen molar-refractivity contribution in [2.45, 2.75) is 25.9 Å². The summed E-state index contributed by atoms with van der Waals surface area (Å²) in [6.07, 6.45) is -3.71. The van der Waals surface area contributed by atoms with E-state index in [1.807, 2.05) is 18.9 Å². The van der Waals surface area contributed by atoms with Crippen LogP contribution in [0.25, 0.3) is 0 Å². The van der Waals surface area contributed by atoms with Crippen molar-refractivity contribution >= 4 is 11.3 Å². The Kier molecular flexibility index (Phi) is 5.61. The Morgan fingerprint density at radius 2 is 1.96 bits per heavy atom. The van der Waals surface area contributed by atoms with Gasteiger partial charge in [0.25, 0.3) is 0 Å². The number of nitrogens with zero attached hydrogens (tertiary/aromatic N) is 2. The molecule has 1 N–H and O–H groups in total. The fourth-order valence-electron chi connectivity index (χ4n) is 2.10. The maximum atomic E-state index is 12.1. The lowest BCUT2D eigenvalue weighted by Crippen LogP contribution is -2.23. The van der Waals surface area contributed by atoms with E-state index in [4.69, 9.17) is 0 Å². The highest BCUT2D eigenvalue weighted by Gasteiger charge is 2.31. The molecule has 0 aliphatic rings. The number of hydrogen-bond acceptors (Lipinski definition) is 5. The highest BCUT2D eigenvalue weighted by Crippen LogP contribution is 2.25. The molecule has 1 aromatic heterocycles. The van der Waals surface area contributed by atoms with Crippen molar-refractivity contribution in [3.63, 3.8) is 0 Å². The average molecular weight is 346 g/mol. The van der Waals surface area contributed by atoms with Crippen molar-refractivity contribution in [2.24, 2.45) is 0 Å². The van der Waals surface area contributed by atoms with E-state index >= 15 is 0 Å². The fourth-order valence-corrected chi connectivity index (χ4v) is 2.98. The van der Waals surface area contributed by atoms with Gasteiger partial charge in [-0.15, -0.1) is 24.5 Å². The minimum atomic E-state index is -4.72. The Hall–Kier alpha value is -1.64. The number of aryl methyl sites for hydroxylation is 1. The van der Waals surface area contributed by atoms with Gasteiger partial charge in [-0.2, -0.15) is 0 Å². The number of aliphatic hydroxyl groups is 1. The fraction of sp³-hybridized carbons (Fsp3) is 0.400. The summed E-state index contributed by atoms with van der Waals surface area (Å²) >= 11 is 1.59. The van der Waals surface area contributed by atoms with E-state index in [0.717, 1.165) is 9.88 Å². The van der Waals surface area contributed by atoms with Crippen LogP contribution in [0.5, 0.6) is 5.75 Å². The van der Waals surface area contributed by atoms with Gasteiger partial charge in [-0.05, 0) is 31.7 Å². The number of rotatable bonds is 6. The molecule has 0 amide bonds. The van der Waals surface area contributed by atoms with Crippen molar-refractivity contribution in [3.8, 4) is 5.75 Å². The topological polar surface area (TPSA) is 45.6 Å². The monoisotopic (exact) mass is 346 g/mol. The molecule has 0 aliphatic heterocycles. The summed E-state index contributed by atoms with van der Waals surface area (Å²) in [7, 11) is 1.86. The van der Waals surface area contributed by atoms with Gasteiger partial charge in [-0.25, -0.2) is 4.98 Å². The smallest absolute Gasteiger partial charge is 0.406 e. The van der Waals surface area contributed by atoms with Crippen LogP contribution in [0.2, 0.25) is 0 Å². The minimum absolute atomic E-state index is 0.304. The van der Waals surface area contributed by atoms with Gasteiger partial charge >= 0.3 is 6.36 Å². The van der Waals surface area contributed by atoms with E-state index in [2.05, 4.69) is 9.72 Å². The number of halogens is 3. The zero-order valence-electron chi connectivity index (χ0n) is 12.7. The maximum absolute atomic E-state index is 12.1. The Bertz CT molecular complexity index is 628. The van der Waals surface area contributed by atoms with Crippen LogP contribution >= 0.6 is 11.3 Å². The van der Waals surface area contributed by atoms with Crippen molar-refractivity contribution < 1.29 is 23.0 Å². The molecular weight excluding hydrogens is 329 g/mol. The van der Waals surface area contributed by atoms with Crippen LogP contribution in [0, 0.1) is 6.92 Å². The number of thiazole rings is 1. The molecule has 23 heavy (non-hydrogen) atoms. The standard InChI is InChI=1S/C15H17F3N2O2S/c1-10-19-7-13(23-10)8-20(2)9-14(21)11-3-5-12(6-4-11)22-15(16,17)18/h3-7,14,21H,8-9H2,1-2H3/t14-/m1/s1. The number of alkyl halides is 3. The van der Waals surface area contributed by atoms with Crippen molar-refractivity contribution in [1.82, 2.24) is 9.88 Å². The first-order valence-electron chi connectivity index (χ1n) is 6.86. The Labute approximate surface area is 136 Å². The van der Waals surface area contributed by atoms with Gasteiger partial charge in [0.1, 0.15) is 5.75 Å². The van der Waals surface area contributed by atoms with Gasteiger partial charge in [0, 0.05) is 24.2 Å². The number of ether oxygens (including phenoxy) is 1. The minimum Gasteiger partial charge on any atom is -0.406 e. The first-order valence-corrected chi connectivity index (χ1v) is 7.68. The van der Waals surface area contributed by atoms with E-state index in [-0.39, 0.29) is 5.75 Å². The second-order valence-corrected chi connectivity index (χ2v) is 6.49. The van der Waals surface area contributed by atoms with Crippen LogP contribution in [-0.4, -0.2) is 34.9 Å². The number of hydrogen-bond donors (Lipinski definition) is 1. The van der Waals surface area contributed by atoms with Crippen LogP contribution in [0.15, 0.2) is 30.5 Å². The molecule has 1 heterocycles. The largest absolute Gasteiger partial charge is 0.573 e. The van der Waals surface area contributed by atoms with Crippen LogP contribution in [0.3, 0.4) is 0 Å². The Morgan fingerprint density at radius 3 is 2.48 bits per heavy atom. The molecule has 0 fully saturated rings. The predicted molar refractivity (Wildman–Crippen MR) is 81.3 cm³/mol. The lowest BCUT2D eigenvalue weighted by Gasteiger charge is -2.20. The lowest BCUT2D eigenvalue weighted by atomic mass is 10.1. The zero-order chi connectivity index (χ0) is 17.0. The summed E-state index contributed by atoms with van der Waals surface area (Å²) in [5.74, 6) is -0.304. The average Bonchev–Trinajstić information content (AvgIpc) is 2.82. The summed E-state index contributed by atoms with van der Waals surface area (Å²) in [6, 6.07) is 5.24. The summed E-state index contributed by atoms with van der Waals surface area (Å²) in [5, 5.41) is 11.2. The van der Waals surface area contributed by atoms with Gasteiger partial charge in [0.15, 0.2) is 0 Å². The van der Waals surface area contributed by atoms with Gasteiger partial charge in [0.2, 0.25) is 0 Å². The molecule has 0 saturated heterocycles. The maximum Gasteiger partial charge on any atom is 0.573 e. The normalized spacial score (nSPS) is 13.3. The zero-order valence-corrected chi connectivity index (χ0v) is 13.5. The van der Waals surface area contributed by atoms with Gasteiger partial charge < -0.3 is 9.84 Å². The molecule has 126 valence electrons. The van der Waals surface area contributed by atoms with Crippen LogP contribution < -0.4 is 4.74 Å². The molecule has 8 heteroatoms. The van der Waals surface area contributed by atoms with Crippen LogP contribution in [-0.2, 0) is 6.54 Å². The molecule has 1 atom stereocenters. The molecule has 0 unspecified atom stereocenters.